The van der Waals surface area contributed by atoms with E-state index >= 15 is 0 Å². The molecule has 6 aromatic rings. The second kappa shape index (κ2) is 12.1. The van der Waals surface area contributed by atoms with Gasteiger partial charge in [0.2, 0.25) is 0 Å². The molecule has 1 nitrogen and oxygen atoms in total. The number of anilines is 3. The Morgan fingerprint density at radius 2 is 1.02 bits per heavy atom. The minimum absolute atomic E-state index is 0.0339. The Labute approximate surface area is 328 Å². The van der Waals surface area contributed by atoms with Crippen LogP contribution in [0, 0.1) is 23.7 Å². The predicted molar refractivity (Wildman–Crippen MR) is 231 cm³/mol. The fourth-order valence-electron chi connectivity index (χ4n) is 12.9. The van der Waals surface area contributed by atoms with Gasteiger partial charge in [0.05, 0.1) is 11.4 Å². The van der Waals surface area contributed by atoms with Crippen LogP contribution in [0.1, 0.15) is 94.9 Å². The number of benzene rings is 6. The Kier molecular flexibility index (Phi) is 7.34. The summed E-state index contributed by atoms with van der Waals surface area (Å²) in [4.78, 5) is 2.69. The molecule has 0 amide bonds. The molecule has 55 heavy (non-hydrogen) atoms. The number of hydrogen-bond donors (Lipinski definition) is 0. The second-order valence-corrected chi connectivity index (χ2v) is 19.2. The van der Waals surface area contributed by atoms with Crippen LogP contribution in [0.5, 0.6) is 0 Å². The second-order valence-electron chi connectivity index (χ2n) is 19.2. The maximum atomic E-state index is 2.73. The molecule has 6 aliphatic carbocycles. The first-order chi connectivity index (χ1) is 26.7. The molecule has 4 bridgehead atoms. The van der Waals surface area contributed by atoms with E-state index in [4.69, 9.17) is 0 Å². The van der Waals surface area contributed by atoms with E-state index in [1.54, 1.807) is 11.1 Å². The Hall–Kier alpha value is -4.88. The van der Waals surface area contributed by atoms with Crippen molar-refractivity contribution in [1.82, 2.24) is 0 Å². The van der Waals surface area contributed by atoms with Crippen molar-refractivity contribution in [3.05, 3.63) is 162 Å². The van der Waals surface area contributed by atoms with Gasteiger partial charge in [0.1, 0.15) is 0 Å². The molecular formula is C54H53N. The fourth-order valence-corrected chi connectivity index (χ4v) is 12.9. The van der Waals surface area contributed by atoms with Crippen LogP contribution in [0.25, 0.3) is 33.4 Å². The molecule has 0 unspecified atom stereocenters. The van der Waals surface area contributed by atoms with Crippen molar-refractivity contribution < 1.29 is 0 Å². The zero-order chi connectivity index (χ0) is 37.1. The summed E-state index contributed by atoms with van der Waals surface area (Å²) >= 11 is 0. The van der Waals surface area contributed by atoms with Crippen molar-refractivity contribution in [1.29, 1.82) is 0 Å². The zero-order valence-corrected chi connectivity index (χ0v) is 33.0. The zero-order valence-electron chi connectivity index (χ0n) is 33.0. The van der Waals surface area contributed by atoms with E-state index in [1.165, 1.54) is 107 Å². The molecule has 4 fully saturated rings. The van der Waals surface area contributed by atoms with E-state index in [9.17, 15) is 0 Å². The van der Waals surface area contributed by atoms with Gasteiger partial charge in [-0.05, 0) is 160 Å². The highest BCUT2D eigenvalue weighted by Gasteiger charge is 2.61. The van der Waals surface area contributed by atoms with Gasteiger partial charge in [0, 0.05) is 16.7 Å². The lowest BCUT2D eigenvalue weighted by molar-refractivity contribution is -0.0399. The molecule has 0 aliphatic heterocycles. The van der Waals surface area contributed by atoms with Gasteiger partial charge in [-0.3, -0.25) is 0 Å². The molecule has 6 aliphatic rings. The van der Waals surface area contributed by atoms with Crippen LogP contribution < -0.4 is 4.90 Å². The van der Waals surface area contributed by atoms with Gasteiger partial charge < -0.3 is 4.90 Å². The molecule has 0 atom stereocenters. The smallest absolute Gasteiger partial charge is 0.0543 e. The van der Waals surface area contributed by atoms with E-state index in [2.05, 4.69) is 172 Å². The average molecular weight is 716 g/mol. The van der Waals surface area contributed by atoms with Crippen molar-refractivity contribution in [2.75, 3.05) is 4.90 Å². The summed E-state index contributed by atoms with van der Waals surface area (Å²) in [5, 5.41) is 0. The molecule has 4 saturated carbocycles. The van der Waals surface area contributed by atoms with Crippen molar-refractivity contribution in [2.45, 2.75) is 88.9 Å². The first-order valence-electron chi connectivity index (χ1n) is 21.2. The highest BCUT2D eigenvalue weighted by Crippen LogP contribution is 2.70. The Balaban J connectivity index is 1.22. The molecule has 1 spiro atoms. The van der Waals surface area contributed by atoms with Crippen LogP contribution in [0.15, 0.2) is 140 Å². The molecular weight excluding hydrogens is 663 g/mol. The number of nitrogens with zero attached hydrogens (tertiary/aromatic N) is 1. The monoisotopic (exact) mass is 715 g/mol. The lowest BCUT2D eigenvalue weighted by atomic mass is 9.43. The quantitative estimate of drug-likeness (QED) is 0.172. The third-order valence-corrected chi connectivity index (χ3v) is 15.3. The van der Waals surface area contributed by atoms with Crippen LogP contribution in [0.2, 0.25) is 0 Å². The third kappa shape index (κ3) is 4.90. The summed E-state index contributed by atoms with van der Waals surface area (Å²) in [6, 6.07) is 53.7. The predicted octanol–water partition coefficient (Wildman–Crippen LogP) is 14.6. The highest BCUT2D eigenvalue weighted by atomic mass is 15.1. The van der Waals surface area contributed by atoms with Crippen molar-refractivity contribution in [3.8, 4) is 33.4 Å². The topological polar surface area (TPSA) is 3.24 Å². The number of rotatable bonds is 5. The van der Waals surface area contributed by atoms with Gasteiger partial charge in [0.25, 0.3) is 0 Å². The average Bonchev–Trinajstić information content (AvgIpc) is 3.49. The maximum absolute atomic E-state index is 2.73. The van der Waals surface area contributed by atoms with Gasteiger partial charge in [-0.25, -0.2) is 0 Å². The van der Waals surface area contributed by atoms with Crippen molar-refractivity contribution >= 4 is 17.1 Å². The first-order valence-corrected chi connectivity index (χ1v) is 21.2. The Bertz CT molecular complexity index is 2400. The maximum Gasteiger partial charge on any atom is 0.0543 e. The van der Waals surface area contributed by atoms with E-state index < -0.39 is 0 Å². The van der Waals surface area contributed by atoms with Crippen LogP contribution in [-0.2, 0) is 16.2 Å². The molecule has 1 heteroatoms. The summed E-state index contributed by atoms with van der Waals surface area (Å²) in [6.45, 7) is 9.90. The Morgan fingerprint density at radius 1 is 0.436 bits per heavy atom. The molecule has 6 aromatic carbocycles. The summed E-state index contributed by atoms with van der Waals surface area (Å²) in [5.41, 5.74) is 18.4. The third-order valence-electron chi connectivity index (χ3n) is 15.3. The first kappa shape index (κ1) is 33.5. The van der Waals surface area contributed by atoms with Crippen LogP contribution >= 0.6 is 0 Å². The van der Waals surface area contributed by atoms with E-state index in [0.29, 0.717) is 11.8 Å². The summed E-state index contributed by atoms with van der Waals surface area (Å²) < 4.78 is 0. The van der Waals surface area contributed by atoms with Gasteiger partial charge in [-0.2, -0.15) is 0 Å². The molecule has 12 rings (SSSR count). The van der Waals surface area contributed by atoms with Gasteiger partial charge in [-0.15, -0.1) is 0 Å². The minimum Gasteiger partial charge on any atom is -0.310 e. The van der Waals surface area contributed by atoms with Crippen molar-refractivity contribution in [2.24, 2.45) is 23.7 Å². The van der Waals surface area contributed by atoms with Crippen molar-refractivity contribution in [3.63, 3.8) is 0 Å². The van der Waals surface area contributed by atoms with Gasteiger partial charge in [0.15, 0.2) is 0 Å². The highest BCUT2D eigenvalue weighted by molar-refractivity contribution is 5.96. The summed E-state index contributed by atoms with van der Waals surface area (Å²) in [6.07, 6.45) is 9.38. The normalized spacial score (nSPS) is 26.0. The molecule has 0 N–H and O–H groups in total. The van der Waals surface area contributed by atoms with Crippen LogP contribution in [0.4, 0.5) is 17.1 Å². The fraction of sp³-hybridized carbons (Fsp3) is 0.333. The van der Waals surface area contributed by atoms with Gasteiger partial charge >= 0.3 is 0 Å². The summed E-state index contributed by atoms with van der Waals surface area (Å²) in [5.74, 6) is 3.25. The number of hydrogen-bond acceptors (Lipinski definition) is 1. The van der Waals surface area contributed by atoms with E-state index in [1.807, 2.05) is 0 Å². The van der Waals surface area contributed by atoms with Crippen LogP contribution in [0.3, 0.4) is 0 Å². The molecule has 0 saturated heterocycles. The largest absolute Gasteiger partial charge is 0.310 e. The molecule has 0 aromatic heterocycles. The molecule has 0 heterocycles. The number of fused-ring (bicyclic) bond motifs is 4. The van der Waals surface area contributed by atoms with Gasteiger partial charge in [-0.1, -0.05) is 137 Å². The Morgan fingerprint density at radius 3 is 1.71 bits per heavy atom. The molecule has 0 radical (unpaired) electrons. The van der Waals surface area contributed by atoms with Crippen LogP contribution in [-0.4, -0.2) is 0 Å². The van der Waals surface area contributed by atoms with E-state index in [-0.39, 0.29) is 16.2 Å². The summed E-state index contributed by atoms with van der Waals surface area (Å²) in [7, 11) is 0. The lowest BCUT2D eigenvalue weighted by Gasteiger charge is -2.61. The SMILES string of the molecule is CC1(C)CCC(C)(C)c2c(N(c3ccc(-c4ccccc4)cc3)c3cc4c(cc3-c3ccccc3)-c3ccccc3C43C4CC5CC(C4)CC3C5)cccc21. The minimum atomic E-state index is 0.0339. The standard InChI is InChI=1S/C54H53N/c1-52(2)26-27-53(3,4)51-47(52)20-13-21-49(51)55(42-24-22-38(23-25-42)37-14-7-5-8-15-37)50-34-48-45(33-44(50)39-16-9-6-10-17-39)43-18-11-12-19-46(43)54(48)40-29-35-28-36(31-40)32-41(54)30-35/h5-25,33-36,40-41H,26-32H2,1-4H3. The van der Waals surface area contributed by atoms with E-state index in [0.717, 1.165) is 11.8 Å². The molecule has 274 valence electrons. The lowest BCUT2D eigenvalue weighted by Crippen LogP contribution is -2.55.